The van der Waals surface area contributed by atoms with Gasteiger partial charge in [0, 0.05) is 16.3 Å². The number of rotatable bonds is 7. The number of carbonyl (C=O) groups excluding carboxylic acids is 3. The van der Waals surface area contributed by atoms with Gasteiger partial charge in [-0.15, -0.1) is 0 Å². The maximum atomic E-state index is 13.6. The van der Waals surface area contributed by atoms with E-state index in [9.17, 15) is 23.2 Å². The van der Waals surface area contributed by atoms with Crippen LogP contribution in [0.2, 0.25) is 5.02 Å². The van der Waals surface area contributed by atoms with Crippen LogP contribution in [0, 0.1) is 11.6 Å². The van der Waals surface area contributed by atoms with E-state index in [1.807, 2.05) is 0 Å². The summed E-state index contributed by atoms with van der Waals surface area (Å²) < 4.78 is 31.1. The first-order chi connectivity index (χ1) is 12.8. The second-order valence-electron chi connectivity index (χ2n) is 5.37. The maximum Gasteiger partial charge on any atom is 0.310 e. The summed E-state index contributed by atoms with van der Waals surface area (Å²) in [6, 6.07) is 9.07. The molecule has 0 fully saturated rings. The molecule has 0 aliphatic heterocycles. The lowest BCUT2D eigenvalue weighted by Gasteiger charge is -2.08. The summed E-state index contributed by atoms with van der Waals surface area (Å²) in [6.07, 6.45) is -0.427. The van der Waals surface area contributed by atoms with Gasteiger partial charge >= 0.3 is 5.97 Å². The fourth-order valence-corrected chi connectivity index (χ4v) is 2.24. The first-order valence-electron chi connectivity index (χ1n) is 7.76. The summed E-state index contributed by atoms with van der Waals surface area (Å²) >= 11 is 5.80. The molecular weight excluding hydrogens is 382 g/mol. The number of amides is 2. The lowest BCUT2D eigenvalue weighted by molar-refractivity contribution is -0.147. The fourth-order valence-electron chi connectivity index (χ4n) is 2.01. The summed E-state index contributed by atoms with van der Waals surface area (Å²) in [7, 11) is 0. The molecule has 0 spiro atoms. The quantitative estimate of drug-likeness (QED) is 0.704. The van der Waals surface area contributed by atoms with Crippen molar-refractivity contribution in [1.29, 1.82) is 0 Å². The predicted octanol–water partition coefficient (Wildman–Crippen LogP) is 2.46. The Kier molecular flexibility index (Phi) is 7.25. The van der Waals surface area contributed by atoms with Crippen LogP contribution in [0.4, 0.5) is 14.5 Å². The molecule has 0 saturated carbocycles. The van der Waals surface area contributed by atoms with Crippen molar-refractivity contribution in [2.75, 3.05) is 18.5 Å². The molecule has 0 saturated heterocycles. The minimum atomic E-state index is -0.840. The molecule has 2 rings (SSSR count). The van der Waals surface area contributed by atoms with E-state index in [2.05, 4.69) is 10.6 Å². The van der Waals surface area contributed by atoms with E-state index in [1.54, 1.807) is 0 Å². The van der Waals surface area contributed by atoms with Crippen LogP contribution in [0.25, 0.3) is 0 Å². The third-order valence-corrected chi connectivity index (χ3v) is 3.68. The van der Waals surface area contributed by atoms with E-state index in [4.69, 9.17) is 16.3 Å². The van der Waals surface area contributed by atoms with Crippen LogP contribution in [0.5, 0.6) is 0 Å². The maximum absolute atomic E-state index is 13.6. The third kappa shape index (κ3) is 6.67. The van der Waals surface area contributed by atoms with Crippen molar-refractivity contribution in [2.45, 2.75) is 6.42 Å². The van der Waals surface area contributed by atoms with Gasteiger partial charge in [-0.2, -0.15) is 0 Å². The highest BCUT2D eigenvalue weighted by atomic mass is 35.5. The molecule has 27 heavy (non-hydrogen) atoms. The zero-order chi connectivity index (χ0) is 19.8. The molecule has 0 heterocycles. The molecule has 2 amide bonds. The van der Waals surface area contributed by atoms with Gasteiger partial charge in [0.05, 0.1) is 13.0 Å². The number of carbonyl (C=O) groups is 3. The van der Waals surface area contributed by atoms with E-state index in [0.29, 0.717) is 5.69 Å². The standard InChI is InChI=1S/C18H15ClF2N2O4/c19-14-2-1-3-15(21)13(14)8-18(26)27-10-17(25)22-9-16(24)23-12-6-4-11(20)5-7-12/h1-7H,8-10H2,(H,22,25)(H,23,24). The number of ether oxygens (including phenoxy) is 1. The van der Waals surface area contributed by atoms with Crippen LogP contribution in [0.15, 0.2) is 42.5 Å². The van der Waals surface area contributed by atoms with Crippen molar-refractivity contribution < 1.29 is 27.9 Å². The van der Waals surface area contributed by atoms with Gasteiger partial charge in [-0.25, -0.2) is 8.78 Å². The summed E-state index contributed by atoms with van der Waals surface area (Å²) in [5.74, 6) is -3.19. The Morgan fingerprint density at radius 1 is 1.00 bits per heavy atom. The van der Waals surface area contributed by atoms with E-state index in [-0.39, 0.29) is 17.1 Å². The average Bonchev–Trinajstić information content (AvgIpc) is 2.63. The highest BCUT2D eigenvalue weighted by molar-refractivity contribution is 6.31. The molecular formula is C18H15ClF2N2O4. The first kappa shape index (κ1) is 20.3. The Balaban J connectivity index is 1.71. The normalized spacial score (nSPS) is 10.2. The number of halogens is 3. The molecule has 0 aliphatic rings. The van der Waals surface area contributed by atoms with Gasteiger partial charge < -0.3 is 15.4 Å². The SMILES string of the molecule is O=C(COC(=O)Cc1c(F)cccc1Cl)NCC(=O)Nc1ccc(F)cc1. The molecule has 0 aromatic heterocycles. The Bertz CT molecular complexity index is 824. The number of benzene rings is 2. The minimum Gasteiger partial charge on any atom is -0.455 e. The van der Waals surface area contributed by atoms with Gasteiger partial charge in [-0.1, -0.05) is 17.7 Å². The Morgan fingerprint density at radius 3 is 2.37 bits per heavy atom. The molecule has 2 aromatic rings. The fraction of sp³-hybridized carbons (Fsp3) is 0.167. The Morgan fingerprint density at radius 2 is 1.70 bits per heavy atom. The van der Waals surface area contributed by atoms with Crippen molar-refractivity contribution >= 4 is 35.1 Å². The molecule has 2 aromatic carbocycles. The van der Waals surface area contributed by atoms with Gasteiger partial charge in [0.25, 0.3) is 5.91 Å². The van der Waals surface area contributed by atoms with Crippen LogP contribution in [0.3, 0.4) is 0 Å². The van der Waals surface area contributed by atoms with Gasteiger partial charge in [0.2, 0.25) is 5.91 Å². The minimum absolute atomic E-state index is 0.0248. The van der Waals surface area contributed by atoms with Crippen molar-refractivity contribution in [2.24, 2.45) is 0 Å². The number of nitrogens with one attached hydrogen (secondary N) is 2. The summed E-state index contributed by atoms with van der Waals surface area (Å²) in [5, 5.41) is 4.78. The summed E-state index contributed by atoms with van der Waals surface area (Å²) in [4.78, 5) is 35.0. The van der Waals surface area contributed by atoms with Crippen molar-refractivity contribution in [3.8, 4) is 0 Å². The zero-order valence-electron chi connectivity index (χ0n) is 13.9. The van der Waals surface area contributed by atoms with Crippen molar-refractivity contribution in [3.05, 3.63) is 64.7 Å². The largest absolute Gasteiger partial charge is 0.455 e. The van der Waals surface area contributed by atoms with Crippen molar-refractivity contribution in [3.63, 3.8) is 0 Å². The van der Waals surface area contributed by atoms with Crippen LogP contribution < -0.4 is 10.6 Å². The van der Waals surface area contributed by atoms with Crippen LogP contribution in [-0.2, 0) is 25.5 Å². The highest BCUT2D eigenvalue weighted by Crippen LogP contribution is 2.19. The number of anilines is 1. The van der Waals surface area contributed by atoms with Crippen LogP contribution in [0.1, 0.15) is 5.56 Å². The number of esters is 1. The van der Waals surface area contributed by atoms with E-state index < -0.39 is 42.4 Å². The van der Waals surface area contributed by atoms with E-state index in [1.165, 1.54) is 36.4 Å². The zero-order valence-corrected chi connectivity index (χ0v) is 14.7. The molecule has 0 atom stereocenters. The summed E-state index contributed by atoms with van der Waals surface area (Å²) in [6.45, 7) is -0.998. The van der Waals surface area contributed by atoms with Crippen LogP contribution >= 0.6 is 11.6 Å². The molecule has 0 unspecified atom stereocenters. The topological polar surface area (TPSA) is 84.5 Å². The lowest BCUT2D eigenvalue weighted by Crippen LogP contribution is -2.35. The average molecular weight is 397 g/mol. The molecule has 6 nitrogen and oxygen atoms in total. The molecule has 0 aliphatic carbocycles. The van der Waals surface area contributed by atoms with Gasteiger partial charge in [0.1, 0.15) is 11.6 Å². The second kappa shape index (κ2) is 9.63. The predicted molar refractivity (Wildman–Crippen MR) is 94.1 cm³/mol. The molecule has 142 valence electrons. The summed E-state index contributed by atoms with van der Waals surface area (Å²) in [5.41, 5.74) is 0.340. The van der Waals surface area contributed by atoms with E-state index in [0.717, 1.165) is 6.07 Å². The Hall–Kier alpha value is -3.00. The third-order valence-electron chi connectivity index (χ3n) is 3.32. The molecule has 2 N–H and O–H groups in total. The van der Waals surface area contributed by atoms with Crippen LogP contribution in [-0.4, -0.2) is 30.9 Å². The highest BCUT2D eigenvalue weighted by Gasteiger charge is 2.14. The van der Waals surface area contributed by atoms with Gasteiger partial charge in [-0.05, 0) is 36.4 Å². The smallest absolute Gasteiger partial charge is 0.310 e. The van der Waals surface area contributed by atoms with Crippen molar-refractivity contribution in [1.82, 2.24) is 5.32 Å². The molecule has 0 radical (unpaired) electrons. The first-order valence-corrected chi connectivity index (χ1v) is 8.13. The lowest BCUT2D eigenvalue weighted by atomic mass is 10.1. The van der Waals surface area contributed by atoms with E-state index >= 15 is 0 Å². The molecule has 9 heteroatoms. The monoisotopic (exact) mass is 396 g/mol. The Labute approximate surface area is 158 Å². The molecule has 0 bridgehead atoms. The van der Waals surface area contributed by atoms with Gasteiger partial charge in [0.15, 0.2) is 6.61 Å². The second-order valence-corrected chi connectivity index (χ2v) is 5.78. The number of hydrogen-bond acceptors (Lipinski definition) is 4. The van der Waals surface area contributed by atoms with Gasteiger partial charge in [-0.3, -0.25) is 14.4 Å². The number of hydrogen-bond donors (Lipinski definition) is 2.